The molecule has 0 aliphatic heterocycles. The van der Waals surface area contributed by atoms with Crippen LogP contribution >= 0.6 is 23.4 Å². The Labute approximate surface area is 206 Å². The highest BCUT2D eigenvalue weighted by atomic mass is 35.5. The van der Waals surface area contributed by atoms with Crippen LogP contribution in [0.25, 0.3) is 17.1 Å². The highest BCUT2D eigenvalue weighted by Gasteiger charge is 2.20. The van der Waals surface area contributed by atoms with Gasteiger partial charge in [0, 0.05) is 22.0 Å². The zero-order valence-electron chi connectivity index (χ0n) is 18.3. The normalized spacial score (nSPS) is 10.5. The molecular formula is C25H20ClN5O2S. The van der Waals surface area contributed by atoms with Gasteiger partial charge in [-0.1, -0.05) is 41.6 Å². The fourth-order valence-electron chi connectivity index (χ4n) is 3.32. The molecule has 3 aromatic carbocycles. The number of methoxy groups -OCH3 is 1. The predicted octanol–water partition coefficient (Wildman–Crippen LogP) is 5.25. The van der Waals surface area contributed by atoms with Crippen LogP contribution in [0.1, 0.15) is 0 Å². The number of benzene rings is 3. The van der Waals surface area contributed by atoms with E-state index in [9.17, 15) is 10.1 Å². The summed E-state index contributed by atoms with van der Waals surface area (Å²) < 4.78 is 7.14. The summed E-state index contributed by atoms with van der Waals surface area (Å²) in [5.41, 5.74) is 2.33. The Bertz CT molecular complexity index is 1300. The molecule has 0 atom stereocenters. The molecule has 0 aliphatic rings. The van der Waals surface area contributed by atoms with Gasteiger partial charge in [-0.3, -0.25) is 14.3 Å². The lowest BCUT2D eigenvalue weighted by Gasteiger charge is -2.19. The van der Waals surface area contributed by atoms with Crippen molar-refractivity contribution in [2.24, 2.45) is 0 Å². The molecule has 0 radical (unpaired) electrons. The second kappa shape index (κ2) is 10.9. The summed E-state index contributed by atoms with van der Waals surface area (Å²) in [4.78, 5) is 14.5. The van der Waals surface area contributed by atoms with Crippen molar-refractivity contribution in [2.75, 3.05) is 24.3 Å². The van der Waals surface area contributed by atoms with E-state index in [2.05, 4.69) is 16.3 Å². The standard InChI is InChI=1S/C25H20ClN5O2S/c1-33-22-13-7-18(8-14-22)24-28-29-25(31(24)21-11-9-19(26)10-12-21)34-17-23(32)30(16-15-27)20-5-3-2-4-6-20/h2-14H,16-17H2,1H3. The SMILES string of the molecule is COc1ccc(-c2nnc(SCC(=O)N(CC#N)c3ccccc3)n2-c2ccc(Cl)cc2)cc1. The summed E-state index contributed by atoms with van der Waals surface area (Å²) in [6, 6.07) is 26.0. The van der Waals surface area contributed by atoms with Gasteiger partial charge in [-0.15, -0.1) is 10.2 Å². The van der Waals surface area contributed by atoms with Crippen LogP contribution in [0, 0.1) is 11.3 Å². The van der Waals surface area contributed by atoms with E-state index >= 15 is 0 Å². The molecule has 0 N–H and O–H groups in total. The summed E-state index contributed by atoms with van der Waals surface area (Å²) in [5, 5.41) is 19.1. The molecule has 0 spiro atoms. The van der Waals surface area contributed by atoms with Gasteiger partial charge in [0.15, 0.2) is 11.0 Å². The van der Waals surface area contributed by atoms with Gasteiger partial charge >= 0.3 is 0 Å². The molecule has 170 valence electrons. The summed E-state index contributed by atoms with van der Waals surface area (Å²) >= 11 is 7.35. The van der Waals surface area contributed by atoms with Crippen LogP contribution in [0.4, 0.5) is 5.69 Å². The Balaban J connectivity index is 1.65. The molecule has 9 heteroatoms. The van der Waals surface area contributed by atoms with Crippen LogP contribution in [0.3, 0.4) is 0 Å². The first-order valence-electron chi connectivity index (χ1n) is 10.3. The van der Waals surface area contributed by atoms with Crippen molar-refractivity contribution >= 4 is 35.0 Å². The smallest absolute Gasteiger partial charge is 0.238 e. The van der Waals surface area contributed by atoms with Crippen molar-refractivity contribution in [1.82, 2.24) is 14.8 Å². The lowest BCUT2D eigenvalue weighted by Crippen LogP contribution is -2.32. The molecule has 0 fully saturated rings. The van der Waals surface area contributed by atoms with Crippen molar-refractivity contribution in [3.63, 3.8) is 0 Å². The van der Waals surface area contributed by atoms with Gasteiger partial charge < -0.3 is 4.74 Å². The third-order valence-corrected chi connectivity index (χ3v) is 6.15. The Morgan fingerprint density at radius 1 is 1.06 bits per heavy atom. The minimum atomic E-state index is -0.200. The number of rotatable bonds is 8. The minimum Gasteiger partial charge on any atom is -0.497 e. The molecule has 0 aliphatic carbocycles. The monoisotopic (exact) mass is 489 g/mol. The average molecular weight is 490 g/mol. The van der Waals surface area contributed by atoms with E-state index in [-0.39, 0.29) is 18.2 Å². The highest BCUT2D eigenvalue weighted by Crippen LogP contribution is 2.30. The van der Waals surface area contributed by atoms with E-state index in [0.717, 1.165) is 17.0 Å². The maximum absolute atomic E-state index is 13.0. The van der Waals surface area contributed by atoms with Crippen LogP contribution < -0.4 is 9.64 Å². The van der Waals surface area contributed by atoms with Crippen LogP contribution in [-0.4, -0.2) is 40.1 Å². The molecule has 0 saturated heterocycles. The Morgan fingerprint density at radius 2 is 1.76 bits per heavy atom. The van der Waals surface area contributed by atoms with E-state index in [4.69, 9.17) is 16.3 Å². The number of nitriles is 1. The molecule has 4 rings (SSSR count). The molecule has 0 unspecified atom stereocenters. The van der Waals surface area contributed by atoms with Gasteiger partial charge in [0.1, 0.15) is 12.3 Å². The maximum Gasteiger partial charge on any atom is 0.238 e. The number of aromatic nitrogens is 3. The molecule has 0 saturated carbocycles. The Hall–Kier alpha value is -3.80. The van der Waals surface area contributed by atoms with E-state index in [1.54, 1.807) is 31.4 Å². The molecule has 34 heavy (non-hydrogen) atoms. The van der Waals surface area contributed by atoms with E-state index in [0.29, 0.717) is 21.7 Å². The van der Waals surface area contributed by atoms with Gasteiger partial charge in [-0.2, -0.15) is 5.26 Å². The van der Waals surface area contributed by atoms with Crippen molar-refractivity contribution in [1.29, 1.82) is 5.26 Å². The van der Waals surface area contributed by atoms with Crippen LogP contribution in [0.2, 0.25) is 5.02 Å². The number of amides is 1. The number of thioether (sulfide) groups is 1. The summed E-state index contributed by atoms with van der Waals surface area (Å²) in [6.45, 7) is -0.0373. The first-order chi connectivity index (χ1) is 16.6. The number of nitrogens with zero attached hydrogens (tertiary/aromatic N) is 5. The predicted molar refractivity (Wildman–Crippen MR) is 133 cm³/mol. The fraction of sp³-hybridized carbons (Fsp3) is 0.120. The van der Waals surface area contributed by atoms with Crippen molar-refractivity contribution in [3.8, 4) is 28.9 Å². The number of carbonyl (C=O) groups is 1. The summed E-state index contributed by atoms with van der Waals surface area (Å²) in [6.07, 6.45) is 0. The van der Waals surface area contributed by atoms with Gasteiger partial charge in [-0.25, -0.2) is 0 Å². The minimum absolute atomic E-state index is 0.0373. The number of anilines is 1. The van der Waals surface area contributed by atoms with E-state index in [1.807, 2.05) is 59.2 Å². The zero-order chi connectivity index (χ0) is 23.9. The van der Waals surface area contributed by atoms with E-state index in [1.165, 1.54) is 16.7 Å². The maximum atomic E-state index is 13.0. The number of ether oxygens (including phenoxy) is 1. The van der Waals surface area contributed by atoms with Gasteiger partial charge in [0.25, 0.3) is 0 Å². The first-order valence-corrected chi connectivity index (χ1v) is 11.7. The number of hydrogen-bond acceptors (Lipinski definition) is 6. The summed E-state index contributed by atoms with van der Waals surface area (Å²) in [7, 11) is 1.61. The molecular weight excluding hydrogens is 470 g/mol. The lowest BCUT2D eigenvalue weighted by atomic mass is 10.2. The van der Waals surface area contributed by atoms with Crippen LogP contribution in [0.5, 0.6) is 5.75 Å². The highest BCUT2D eigenvalue weighted by molar-refractivity contribution is 7.99. The molecule has 1 amide bonds. The quantitative estimate of drug-likeness (QED) is 0.248. The van der Waals surface area contributed by atoms with Gasteiger partial charge in [0.05, 0.1) is 18.9 Å². The molecule has 0 bridgehead atoms. The lowest BCUT2D eigenvalue weighted by molar-refractivity contribution is -0.116. The topological polar surface area (TPSA) is 84.0 Å². The second-order valence-electron chi connectivity index (χ2n) is 7.11. The number of halogens is 1. The third kappa shape index (κ3) is 5.22. The molecule has 7 nitrogen and oxygen atoms in total. The molecule has 1 aromatic heterocycles. The van der Waals surface area contributed by atoms with Gasteiger partial charge in [0.2, 0.25) is 5.91 Å². The first kappa shape index (κ1) is 23.4. The van der Waals surface area contributed by atoms with Gasteiger partial charge in [-0.05, 0) is 60.7 Å². The number of carbonyl (C=O) groups excluding carboxylic acids is 1. The summed E-state index contributed by atoms with van der Waals surface area (Å²) in [5.74, 6) is 1.25. The number of para-hydroxylation sites is 1. The fourth-order valence-corrected chi connectivity index (χ4v) is 4.27. The number of hydrogen-bond donors (Lipinski definition) is 0. The zero-order valence-corrected chi connectivity index (χ0v) is 19.8. The van der Waals surface area contributed by atoms with Crippen LogP contribution in [-0.2, 0) is 4.79 Å². The Kier molecular flexibility index (Phi) is 7.48. The van der Waals surface area contributed by atoms with Crippen molar-refractivity contribution in [2.45, 2.75) is 5.16 Å². The molecule has 4 aromatic rings. The second-order valence-corrected chi connectivity index (χ2v) is 8.49. The van der Waals surface area contributed by atoms with Crippen molar-refractivity contribution in [3.05, 3.63) is 83.9 Å². The molecule has 1 heterocycles. The Morgan fingerprint density at radius 3 is 2.41 bits per heavy atom. The largest absolute Gasteiger partial charge is 0.497 e. The van der Waals surface area contributed by atoms with Crippen molar-refractivity contribution < 1.29 is 9.53 Å². The van der Waals surface area contributed by atoms with E-state index < -0.39 is 0 Å². The third-order valence-electron chi connectivity index (χ3n) is 4.99. The van der Waals surface area contributed by atoms with Crippen LogP contribution in [0.15, 0.2) is 84.0 Å². The average Bonchev–Trinajstić information content (AvgIpc) is 3.30.